The number of nitrogens with one attached hydrogen (secondary N) is 1. The van der Waals surface area contributed by atoms with E-state index in [2.05, 4.69) is 5.32 Å². The van der Waals surface area contributed by atoms with E-state index in [4.69, 9.17) is 14.2 Å². The van der Waals surface area contributed by atoms with Crippen LogP contribution < -0.4 is 5.32 Å². The fraction of sp³-hybridized carbons (Fsp3) is 0.462. The van der Waals surface area contributed by atoms with Gasteiger partial charge in [-0.3, -0.25) is 5.32 Å². The molecular formula is C13H17NO6. The van der Waals surface area contributed by atoms with Gasteiger partial charge < -0.3 is 24.4 Å². The number of ether oxygens (including phenoxy) is 3. The molecule has 1 heterocycles. The predicted molar refractivity (Wildman–Crippen MR) is 69.1 cm³/mol. The number of rotatable bonds is 3. The van der Waals surface area contributed by atoms with E-state index in [1.807, 2.05) is 6.07 Å². The van der Waals surface area contributed by atoms with Gasteiger partial charge in [-0.15, -0.1) is 0 Å². The molecule has 0 bridgehead atoms. The maximum Gasteiger partial charge on any atom is 0.412 e. The van der Waals surface area contributed by atoms with Crippen molar-refractivity contribution in [2.75, 3.05) is 19.0 Å². The molecular weight excluding hydrogens is 266 g/mol. The number of para-hydroxylation sites is 1. The van der Waals surface area contributed by atoms with Crippen LogP contribution in [-0.2, 0) is 14.2 Å². The lowest BCUT2D eigenvalue weighted by Gasteiger charge is -2.36. The van der Waals surface area contributed by atoms with Crippen molar-refractivity contribution in [1.82, 2.24) is 0 Å². The van der Waals surface area contributed by atoms with Crippen LogP contribution in [0.1, 0.15) is 0 Å². The van der Waals surface area contributed by atoms with Crippen molar-refractivity contribution in [3.63, 3.8) is 0 Å². The third-order valence-corrected chi connectivity index (χ3v) is 2.92. The van der Waals surface area contributed by atoms with Crippen LogP contribution in [-0.4, -0.2) is 54.6 Å². The Balaban J connectivity index is 1.95. The first-order valence-corrected chi connectivity index (χ1v) is 6.15. The monoisotopic (exact) mass is 283 g/mol. The number of amides is 1. The predicted octanol–water partition coefficient (Wildman–Crippen LogP) is 0.328. The molecule has 0 radical (unpaired) electrons. The molecule has 0 aromatic heterocycles. The summed E-state index contributed by atoms with van der Waals surface area (Å²) in [6.07, 6.45) is -5.19. The van der Waals surface area contributed by atoms with Crippen LogP contribution >= 0.6 is 0 Å². The summed E-state index contributed by atoms with van der Waals surface area (Å²) in [5, 5.41) is 22.1. The van der Waals surface area contributed by atoms with E-state index in [-0.39, 0.29) is 6.61 Å². The number of hydrogen-bond donors (Lipinski definition) is 3. The summed E-state index contributed by atoms with van der Waals surface area (Å²) in [5.41, 5.74) is 0.553. The number of hydrogen-bond acceptors (Lipinski definition) is 6. The SMILES string of the molecule is CO[C@H]1OC[C@@H](O)[C@H](OC(=O)Nc2ccccc2)[C@H]1O. The summed E-state index contributed by atoms with van der Waals surface area (Å²) in [5.74, 6) is 0. The topological polar surface area (TPSA) is 97.3 Å². The summed E-state index contributed by atoms with van der Waals surface area (Å²) in [4.78, 5) is 11.7. The molecule has 4 atom stereocenters. The number of carbonyl (C=O) groups excluding carboxylic acids is 1. The molecule has 0 spiro atoms. The Hall–Kier alpha value is -1.67. The maximum atomic E-state index is 11.7. The molecule has 0 unspecified atom stereocenters. The molecule has 2 rings (SSSR count). The zero-order chi connectivity index (χ0) is 14.5. The summed E-state index contributed by atoms with van der Waals surface area (Å²) < 4.78 is 15.0. The Bertz CT molecular complexity index is 440. The lowest BCUT2D eigenvalue weighted by molar-refractivity contribution is -0.260. The highest BCUT2D eigenvalue weighted by Crippen LogP contribution is 2.19. The van der Waals surface area contributed by atoms with Gasteiger partial charge in [-0.1, -0.05) is 18.2 Å². The average Bonchev–Trinajstić information content (AvgIpc) is 2.45. The minimum absolute atomic E-state index is 0.0845. The molecule has 1 fully saturated rings. The number of benzene rings is 1. The molecule has 7 heteroatoms. The molecule has 20 heavy (non-hydrogen) atoms. The summed E-state index contributed by atoms with van der Waals surface area (Å²) in [6.45, 7) is -0.0845. The van der Waals surface area contributed by atoms with Gasteiger partial charge in [-0.25, -0.2) is 4.79 Å². The fourth-order valence-corrected chi connectivity index (χ4v) is 1.92. The van der Waals surface area contributed by atoms with Crippen LogP contribution in [0.15, 0.2) is 30.3 Å². The molecule has 1 aromatic rings. The summed E-state index contributed by atoms with van der Waals surface area (Å²) in [7, 11) is 1.35. The molecule has 1 aromatic carbocycles. The highest BCUT2D eigenvalue weighted by Gasteiger charge is 2.41. The first-order valence-electron chi connectivity index (χ1n) is 6.15. The summed E-state index contributed by atoms with van der Waals surface area (Å²) >= 11 is 0. The van der Waals surface area contributed by atoms with Crippen molar-refractivity contribution < 1.29 is 29.2 Å². The standard InChI is InChI=1S/C13H17NO6/c1-18-12-10(16)11(9(15)7-19-12)20-13(17)14-8-5-3-2-4-6-8/h2-6,9-12,15-16H,7H2,1H3,(H,14,17)/t9-,10-,11+,12+/m1/s1. The van der Waals surface area contributed by atoms with Crippen molar-refractivity contribution >= 4 is 11.8 Å². The maximum absolute atomic E-state index is 11.7. The average molecular weight is 283 g/mol. The van der Waals surface area contributed by atoms with Crippen LogP contribution in [0.25, 0.3) is 0 Å². The highest BCUT2D eigenvalue weighted by atomic mass is 16.7. The minimum Gasteiger partial charge on any atom is -0.440 e. The largest absolute Gasteiger partial charge is 0.440 e. The lowest BCUT2D eigenvalue weighted by Crippen LogP contribution is -2.55. The molecule has 1 amide bonds. The van der Waals surface area contributed by atoms with Crippen molar-refractivity contribution in [2.45, 2.75) is 24.6 Å². The van der Waals surface area contributed by atoms with Gasteiger partial charge in [0.05, 0.1) is 6.61 Å². The quantitative estimate of drug-likeness (QED) is 0.739. The van der Waals surface area contributed by atoms with Gasteiger partial charge in [-0.2, -0.15) is 0 Å². The highest BCUT2D eigenvalue weighted by molar-refractivity contribution is 5.84. The van der Waals surface area contributed by atoms with E-state index in [9.17, 15) is 15.0 Å². The molecule has 0 aliphatic carbocycles. The van der Waals surface area contributed by atoms with Gasteiger partial charge in [0.15, 0.2) is 12.4 Å². The number of aliphatic hydroxyl groups is 2. The van der Waals surface area contributed by atoms with E-state index < -0.39 is 30.7 Å². The lowest BCUT2D eigenvalue weighted by atomic mass is 10.1. The second kappa shape index (κ2) is 6.67. The van der Waals surface area contributed by atoms with Crippen LogP contribution in [0.4, 0.5) is 10.5 Å². The van der Waals surface area contributed by atoms with E-state index in [1.54, 1.807) is 24.3 Å². The van der Waals surface area contributed by atoms with Crippen molar-refractivity contribution in [1.29, 1.82) is 0 Å². The Labute approximate surface area is 116 Å². The van der Waals surface area contributed by atoms with Crippen LogP contribution in [0.3, 0.4) is 0 Å². The number of methoxy groups -OCH3 is 1. The Morgan fingerprint density at radius 1 is 1.35 bits per heavy atom. The van der Waals surface area contributed by atoms with Crippen molar-refractivity contribution in [3.8, 4) is 0 Å². The second-order valence-electron chi connectivity index (χ2n) is 4.36. The Morgan fingerprint density at radius 2 is 2.05 bits per heavy atom. The van der Waals surface area contributed by atoms with E-state index in [0.29, 0.717) is 5.69 Å². The number of anilines is 1. The van der Waals surface area contributed by atoms with Crippen molar-refractivity contribution in [2.24, 2.45) is 0 Å². The normalized spacial score (nSPS) is 29.8. The van der Waals surface area contributed by atoms with E-state index in [1.165, 1.54) is 7.11 Å². The summed E-state index contributed by atoms with van der Waals surface area (Å²) in [6, 6.07) is 8.71. The number of carbonyl (C=O) groups is 1. The zero-order valence-electron chi connectivity index (χ0n) is 10.9. The first-order chi connectivity index (χ1) is 9.61. The first kappa shape index (κ1) is 14.7. The van der Waals surface area contributed by atoms with Gasteiger partial charge in [0.2, 0.25) is 0 Å². The molecule has 110 valence electrons. The van der Waals surface area contributed by atoms with Crippen LogP contribution in [0.5, 0.6) is 0 Å². The van der Waals surface area contributed by atoms with E-state index in [0.717, 1.165) is 0 Å². The molecule has 1 aliphatic heterocycles. The smallest absolute Gasteiger partial charge is 0.412 e. The minimum atomic E-state index is -1.26. The second-order valence-corrected chi connectivity index (χ2v) is 4.36. The molecule has 3 N–H and O–H groups in total. The van der Waals surface area contributed by atoms with Crippen molar-refractivity contribution in [3.05, 3.63) is 30.3 Å². The van der Waals surface area contributed by atoms with Crippen LogP contribution in [0.2, 0.25) is 0 Å². The number of aliphatic hydroxyl groups excluding tert-OH is 2. The molecule has 7 nitrogen and oxygen atoms in total. The third kappa shape index (κ3) is 3.45. The van der Waals surface area contributed by atoms with Gasteiger partial charge in [0.25, 0.3) is 0 Å². The third-order valence-electron chi connectivity index (χ3n) is 2.92. The van der Waals surface area contributed by atoms with Gasteiger partial charge in [0.1, 0.15) is 12.2 Å². The van der Waals surface area contributed by atoms with Gasteiger partial charge >= 0.3 is 6.09 Å². The van der Waals surface area contributed by atoms with Gasteiger partial charge in [0, 0.05) is 12.8 Å². The zero-order valence-corrected chi connectivity index (χ0v) is 10.9. The molecule has 1 saturated heterocycles. The molecule has 1 aliphatic rings. The van der Waals surface area contributed by atoms with E-state index >= 15 is 0 Å². The van der Waals surface area contributed by atoms with Crippen LogP contribution in [0, 0.1) is 0 Å². The molecule has 0 saturated carbocycles. The van der Waals surface area contributed by atoms with Gasteiger partial charge in [-0.05, 0) is 12.1 Å². The Morgan fingerprint density at radius 3 is 2.70 bits per heavy atom. The Kier molecular flexibility index (Phi) is 4.91. The fourth-order valence-electron chi connectivity index (χ4n) is 1.92.